The van der Waals surface area contributed by atoms with Crippen LogP contribution in [0.25, 0.3) is 6.08 Å². The first-order chi connectivity index (χ1) is 13.1. The van der Waals surface area contributed by atoms with E-state index in [1.54, 1.807) is 13.2 Å². The molecule has 4 nitrogen and oxygen atoms in total. The minimum atomic E-state index is 0.0101. The Bertz CT molecular complexity index is 836. The highest BCUT2D eigenvalue weighted by atomic mass is 16.5. The minimum absolute atomic E-state index is 0.0101. The van der Waals surface area contributed by atoms with E-state index in [0.29, 0.717) is 5.56 Å². The molecule has 1 aliphatic heterocycles. The van der Waals surface area contributed by atoms with E-state index in [1.807, 2.05) is 24.3 Å². The lowest BCUT2D eigenvalue weighted by atomic mass is 10.0. The van der Waals surface area contributed by atoms with E-state index in [1.165, 1.54) is 16.0 Å². The number of carbonyl (C=O) groups is 1. The van der Waals surface area contributed by atoms with Crippen LogP contribution in [0, 0.1) is 13.8 Å². The van der Waals surface area contributed by atoms with Crippen molar-refractivity contribution in [1.29, 1.82) is 0 Å². The Labute approximate surface area is 161 Å². The Morgan fingerprint density at radius 2 is 1.93 bits per heavy atom. The SMILES string of the molecule is COc1ccc(C(=O)/C=C/c2ccc(C)cc2C)cc1C[NH+]1CCOCC1. The molecule has 0 aliphatic carbocycles. The molecule has 1 saturated heterocycles. The van der Waals surface area contributed by atoms with E-state index >= 15 is 0 Å². The number of quaternary nitrogens is 1. The first-order valence-electron chi connectivity index (χ1n) is 9.44. The Hall–Kier alpha value is -2.43. The van der Waals surface area contributed by atoms with Crippen molar-refractivity contribution >= 4 is 11.9 Å². The smallest absolute Gasteiger partial charge is 0.185 e. The maximum Gasteiger partial charge on any atom is 0.185 e. The van der Waals surface area contributed by atoms with Gasteiger partial charge in [-0.1, -0.05) is 29.8 Å². The number of ether oxygens (including phenoxy) is 2. The van der Waals surface area contributed by atoms with Crippen LogP contribution < -0.4 is 9.64 Å². The second kappa shape index (κ2) is 8.98. The average molecular weight is 366 g/mol. The number of carbonyl (C=O) groups excluding carboxylic acids is 1. The Morgan fingerprint density at radius 3 is 2.63 bits per heavy atom. The number of benzene rings is 2. The van der Waals surface area contributed by atoms with Crippen LogP contribution in [0.3, 0.4) is 0 Å². The molecule has 0 bridgehead atoms. The van der Waals surface area contributed by atoms with Gasteiger partial charge in [-0.3, -0.25) is 4.79 Å². The zero-order valence-electron chi connectivity index (χ0n) is 16.4. The number of hydrogen-bond acceptors (Lipinski definition) is 3. The topological polar surface area (TPSA) is 40.0 Å². The number of aryl methyl sites for hydroxylation is 2. The quantitative estimate of drug-likeness (QED) is 0.631. The molecule has 1 N–H and O–H groups in total. The number of methoxy groups -OCH3 is 1. The molecule has 142 valence electrons. The summed E-state index contributed by atoms with van der Waals surface area (Å²) in [7, 11) is 1.68. The number of nitrogens with one attached hydrogen (secondary N) is 1. The number of hydrogen-bond donors (Lipinski definition) is 1. The van der Waals surface area contributed by atoms with Crippen molar-refractivity contribution in [1.82, 2.24) is 0 Å². The molecule has 0 aromatic heterocycles. The van der Waals surface area contributed by atoms with Crippen LogP contribution in [0.5, 0.6) is 5.75 Å². The third-order valence-electron chi connectivity index (χ3n) is 5.04. The summed E-state index contributed by atoms with van der Waals surface area (Å²) in [6.45, 7) is 8.51. The largest absolute Gasteiger partial charge is 0.496 e. The van der Waals surface area contributed by atoms with Gasteiger partial charge in [0.15, 0.2) is 5.78 Å². The second-order valence-corrected chi connectivity index (χ2v) is 7.12. The van der Waals surface area contributed by atoms with Crippen LogP contribution in [0.15, 0.2) is 42.5 Å². The summed E-state index contributed by atoms with van der Waals surface area (Å²) < 4.78 is 10.9. The number of rotatable bonds is 6. The van der Waals surface area contributed by atoms with Gasteiger partial charge in [0.05, 0.1) is 20.3 Å². The Balaban J connectivity index is 1.77. The van der Waals surface area contributed by atoms with E-state index in [4.69, 9.17) is 9.47 Å². The fourth-order valence-electron chi connectivity index (χ4n) is 3.45. The van der Waals surface area contributed by atoms with Crippen molar-refractivity contribution in [3.8, 4) is 5.75 Å². The molecule has 0 amide bonds. The summed E-state index contributed by atoms with van der Waals surface area (Å²) in [5, 5.41) is 0. The predicted octanol–water partition coefficient (Wildman–Crippen LogP) is 2.62. The summed E-state index contributed by atoms with van der Waals surface area (Å²) >= 11 is 0. The van der Waals surface area contributed by atoms with Crippen LogP contribution in [-0.2, 0) is 11.3 Å². The summed E-state index contributed by atoms with van der Waals surface area (Å²) in [5.41, 5.74) is 5.23. The van der Waals surface area contributed by atoms with Gasteiger partial charge in [0, 0.05) is 11.1 Å². The van der Waals surface area contributed by atoms with Gasteiger partial charge in [-0.25, -0.2) is 0 Å². The molecular formula is C23H28NO3+. The lowest BCUT2D eigenvalue weighted by Crippen LogP contribution is -3.12. The molecule has 0 radical (unpaired) electrons. The van der Waals surface area contributed by atoms with Crippen molar-refractivity contribution < 1.29 is 19.2 Å². The lowest BCUT2D eigenvalue weighted by Gasteiger charge is -2.24. The average Bonchev–Trinajstić information content (AvgIpc) is 2.68. The highest BCUT2D eigenvalue weighted by Crippen LogP contribution is 2.20. The molecule has 4 heteroatoms. The van der Waals surface area contributed by atoms with Gasteiger partial charge in [-0.15, -0.1) is 0 Å². The highest BCUT2D eigenvalue weighted by Gasteiger charge is 2.17. The van der Waals surface area contributed by atoms with E-state index in [-0.39, 0.29) is 5.78 Å². The summed E-state index contributed by atoms with van der Waals surface area (Å²) in [6, 6.07) is 11.9. The van der Waals surface area contributed by atoms with Gasteiger partial charge in [0.25, 0.3) is 0 Å². The van der Waals surface area contributed by atoms with Crippen molar-refractivity contribution in [2.24, 2.45) is 0 Å². The zero-order valence-corrected chi connectivity index (χ0v) is 16.4. The van der Waals surface area contributed by atoms with Crippen molar-refractivity contribution in [2.75, 3.05) is 33.4 Å². The molecule has 0 atom stereocenters. The van der Waals surface area contributed by atoms with Gasteiger partial charge in [-0.2, -0.15) is 0 Å². The first kappa shape index (κ1) is 19.3. The fourth-order valence-corrected chi connectivity index (χ4v) is 3.45. The van der Waals surface area contributed by atoms with E-state index in [2.05, 4.69) is 32.0 Å². The van der Waals surface area contributed by atoms with E-state index in [9.17, 15) is 4.79 Å². The van der Waals surface area contributed by atoms with Crippen molar-refractivity contribution in [3.63, 3.8) is 0 Å². The number of morpholine rings is 1. The Kier molecular flexibility index (Phi) is 6.43. The molecule has 2 aromatic rings. The van der Waals surface area contributed by atoms with E-state index in [0.717, 1.165) is 49.7 Å². The molecule has 3 rings (SSSR count). The van der Waals surface area contributed by atoms with Gasteiger partial charge < -0.3 is 14.4 Å². The Morgan fingerprint density at radius 1 is 1.15 bits per heavy atom. The molecule has 1 aliphatic rings. The molecule has 0 unspecified atom stereocenters. The summed E-state index contributed by atoms with van der Waals surface area (Å²) in [4.78, 5) is 14.1. The standard InChI is InChI=1S/C23H27NO3/c1-17-4-5-19(18(2)14-17)6-8-22(25)20-7-9-23(26-3)21(15-20)16-24-10-12-27-13-11-24/h4-9,14-15H,10-13,16H2,1-3H3/p+1/b8-6+. The lowest BCUT2D eigenvalue weighted by molar-refractivity contribution is -0.921. The second-order valence-electron chi connectivity index (χ2n) is 7.12. The number of allylic oxidation sites excluding steroid dienone is 1. The molecule has 0 spiro atoms. The summed E-state index contributed by atoms with van der Waals surface area (Å²) in [5.74, 6) is 0.847. The molecule has 1 fully saturated rings. The molecule has 1 heterocycles. The van der Waals surface area contributed by atoms with Crippen LogP contribution >= 0.6 is 0 Å². The summed E-state index contributed by atoms with van der Waals surface area (Å²) in [6.07, 6.45) is 3.55. The molecule has 0 saturated carbocycles. The van der Waals surface area contributed by atoms with Gasteiger partial charge in [0.2, 0.25) is 0 Å². The maximum absolute atomic E-state index is 12.7. The van der Waals surface area contributed by atoms with Crippen molar-refractivity contribution in [2.45, 2.75) is 20.4 Å². The fraction of sp³-hybridized carbons (Fsp3) is 0.348. The molecule has 2 aromatic carbocycles. The van der Waals surface area contributed by atoms with Gasteiger partial charge in [-0.05, 0) is 49.2 Å². The third-order valence-corrected chi connectivity index (χ3v) is 5.04. The van der Waals surface area contributed by atoms with Crippen LogP contribution in [0.4, 0.5) is 0 Å². The normalized spacial score (nSPS) is 15.2. The van der Waals surface area contributed by atoms with Crippen LogP contribution in [-0.4, -0.2) is 39.2 Å². The monoisotopic (exact) mass is 366 g/mol. The zero-order chi connectivity index (χ0) is 19.2. The first-order valence-corrected chi connectivity index (χ1v) is 9.44. The van der Waals surface area contributed by atoms with Gasteiger partial charge in [0.1, 0.15) is 25.4 Å². The van der Waals surface area contributed by atoms with Crippen LogP contribution in [0.2, 0.25) is 0 Å². The van der Waals surface area contributed by atoms with Gasteiger partial charge >= 0.3 is 0 Å². The van der Waals surface area contributed by atoms with Crippen molar-refractivity contribution in [3.05, 3.63) is 70.3 Å². The predicted molar refractivity (Wildman–Crippen MR) is 107 cm³/mol. The number of ketones is 1. The molecule has 27 heavy (non-hydrogen) atoms. The maximum atomic E-state index is 12.7. The molecular weight excluding hydrogens is 338 g/mol. The van der Waals surface area contributed by atoms with E-state index < -0.39 is 0 Å². The van der Waals surface area contributed by atoms with Crippen LogP contribution in [0.1, 0.15) is 32.6 Å². The minimum Gasteiger partial charge on any atom is -0.496 e. The third kappa shape index (κ3) is 5.06. The highest BCUT2D eigenvalue weighted by molar-refractivity contribution is 6.07.